The molecule has 1 rings (SSSR count). The Hall–Kier alpha value is -2.04. The Labute approximate surface area is 100 Å². The standard InChI is InChI=1S/C12H16N2O3/c1-3-14(12(17)8-13-9(2)15)10-5-4-6-11(16)7-10/h4-7,16H,3,8H2,1-2H3,(H,13,15). The van der Waals surface area contributed by atoms with E-state index in [1.807, 2.05) is 6.92 Å². The Kier molecular flexibility index (Phi) is 4.51. The molecule has 0 fully saturated rings. The Bertz CT molecular complexity index is 418. The summed E-state index contributed by atoms with van der Waals surface area (Å²) < 4.78 is 0. The van der Waals surface area contributed by atoms with Gasteiger partial charge in [0.15, 0.2) is 0 Å². The fourth-order valence-corrected chi connectivity index (χ4v) is 1.46. The molecule has 0 aromatic heterocycles. The van der Waals surface area contributed by atoms with Gasteiger partial charge in [-0.25, -0.2) is 0 Å². The number of hydrogen-bond donors (Lipinski definition) is 2. The van der Waals surface area contributed by atoms with Crippen LogP contribution < -0.4 is 10.2 Å². The van der Waals surface area contributed by atoms with Crippen molar-refractivity contribution in [1.82, 2.24) is 5.32 Å². The van der Waals surface area contributed by atoms with Gasteiger partial charge in [-0.3, -0.25) is 9.59 Å². The molecule has 2 N–H and O–H groups in total. The SMILES string of the molecule is CCN(C(=O)CNC(C)=O)c1cccc(O)c1. The first-order valence-corrected chi connectivity index (χ1v) is 5.38. The van der Waals surface area contributed by atoms with E-state index in [0.717, 1.165) is 0 Å². The Morgan fingerprint density at radius 2 is 2.12 bits per heavy atom. The number of anilines is 1. The van der Waals surface area contributed by atoms with E-state index in [0.29, 0.717) is 12.2 Å². The van der Waals surface area contributed by atoms with Crippen molar-refractivity contribution < 1.29 is 14.7 Å². The number of nitrogens with zero attached hydrogens (tertiary/aromatic N) is 1. The Morgan fingerprint density at radius 1 is 1.41 bits per heavy atom. The quantitative estimate of drug-likeness (QED) is 0.815. The molecular formula is C12H16N2O3. The summed E-state index contributed by atoms with van der Waals surface area (Å²) in [5, 5.41) is 11.8. The molecule has 0 atom stereocenters. The number of aromatic hydroxyl groups is 1. The normalized spacial score (nSPS) is 9.76. The molecule has 5 nitrogen and oxygen atoms in total. The third-order valence-electron chi connectivity index (χ3n) is 2.25. The number of rotatable bonds is 4. The summed E-state index contributed by atoms with van der Waals surface area (Å²) >= 11 is 0. The molecule has 17 heavy (non-hydrogen) atoms. The minimum atomic E-state index is -0.245. The van der Waals surface area contributed by atoms with Gasteiger partial charge in [-0.2, -0.15) is 0 Å². The highest BCUT2D eigenvalue weighted by atomic mass is 16.3. The fraction of sp³-hybridized carbons (Fsp3) is 0.333. The zero-order valence-electron chi connectivity index (χ0n) is 9.93. The molecule has 0 heterocycles. The summed E-state index contributed by atoms with van der Waals surface area (Å²) in [6.07, 6.45) is 0. The first-order valence-electron chi connectivity index (χ1n) is 5.38. The van der Waals surface area contributed by atoms with Crippen molar-refractivity contribution in [3.8, 4) is 5.75 Å². The number of hydrogen-bond acceptors (Lipinski definition) is 3. The smallest absolute Gasteiger partial charge is 0.246 e. The highest BCUT2D eigenvalue weighted by Gasteiger charge is 2.14. The maximum absolute atomic E-state index is 11.8. The highest BCUT2D eigenvalue weighted by molar-refractivity contribution is 5.96. The molecule has 0 radical (unpaired) electrons. The first-order chi connectivity index (χ1) is 8.04. The van der Waals surface area contributed by atoms with Crippen molar-refractivity contribution in [1.29, 1.82) is 0 Å². The lowest BCUT2D eigenvalue weighted by Crippen LogP contribution is -2.39. The van der Waals surface area contributed by atoms with Crippen LogP contribution in [-0.2, 0) is 9.59 Å². The van der Waals surface area contributed by atoms with Gasteiger partial charge >= 0.3 is 0 Å². The summed E-state index contributed by atoms with van der Waals surface area (Å²) in [5.74, 6) is -0.355. The first kappa shape index (κ1) is 13.0. The van der Waals surface area contributed by atoms with Gasteiger partial charge in [-0.15, -0.1) is 0 Å². The van der Waals surface area contributed by atoms with Crippen molar-refractivity contribution in [2.45, 2.75) is 13.8 Å². The molecule has 0 bridgehead atoms. The van der Waals surface area contributed by atoms with Gasteiger partial charge in [-0.1, -0.05) is 6.07 Å². The second-order valence-electron chi connectivity index (χ2n) is 3.57. The minimum Gasteiger partial charge on any atom is -0.508 e. The topological polar surface area (TPSA) is 69.6 Å². The number of carbonyl (C=O) groups is 2. The van der Waals surface area contributed by atoms with Gasteiger partial charge < -0.3 is 15.3 Å². The minimum absolute atomic E-state index is 0.0428. The van der Waals surface area contributed by atoms with Crippen molar-refractivity contribution in [3.05, 3.63) is 24.3 Å². The van der Waals surface area contributed by atoms with Gasteiger partial charge in [0.25, 0.3) is 0 Å². The molecule has 0 aliphatic carbocycles. The van der Waals surface area contributed by atoms with E-state index in [4.69, 9.17) is 0 Å². The van der Waals surface area contributed by atoms with Crippen LogP contribution in [0.4, 0.5) is 5.69 Å². The van der Waals surface area contributed by atoms with Crippen LogP contribution in [0.15, 0.2) is 24.3 Å². The number of benzene rings is 1. The lowest BCUT2D eigenvalue weighted by Gasteiger charge is -2.21. The number of phenols is 1. The third kappa shape index (κ3) is 3.79. The van der Waals surface area contributed by atoms with E-state index < -0.39 is 0 Å². The highest BCUT2D eigenvalue weighted by Crippen LogP contribution is 2.19. The van der Waals surface area contributed by atoms with Crippen LogP contribution >= 0.6 is 0 Å². The van der Waals surface area contributed by atoms with Crippen molar-refractivity contribution in [2.75, 3.05) is 18.0 Å². The lowest BCUT2D eigenvalue weighted by atomic mass is 10.2. The van der Waals surface area contributed by atoms with E-state index >= 15 is 0 Å². The number of likely N-dealkylation sites (N-methyl/N-ethyl adjacent to an activating group) is 1. The van der Waals surface area contributed by atoms with Crippen molar-refractivity contribution in [3.63, 3.8) is 0 Å². The summed E-state index contributed by atoms with van der Waals surface area (Å²) in [5.41, 5.74) is 0.614. The molecule has 0 spiro atoms. The van der Waals surface area contributed by atoms with Crippen LogP contribution in [0.3, 0.4) is 0 Å². The van der Waals surface area contributed by atoms with E-state index in [1.54, 1.807) is 12.1 Å². The lowest BCUT2D eigenvalue weighted by molar-refractivity contribution is -0.123. The van der Waals surface area contributed by atoms with Crippen LogP contribution in [0.2, 0.25) is 0 Å². The van der Waals surface area contributed by atoms with Gasteiger partial charge in [0.1, 0.15) is 5.75 Å². The molecule has 1 aromatic carbocycles. The van der Waals surface area contributed by atoms with Gasteiger partial charge in [0.2, 0.25) is 11.8 Å². The Morgan fingerprint density at radius 3 is 2.65 bits per heavy atom. The molecule has 1 aromatic rings. The van der Waals surface area contributed by atoms with Gasteiger partial charge in [0.05, 0.1) is 6.54 Å². The van der Waals surface area contributed by atoms with Crippen molar-refractivity contribution >= 4 is 17.5 Å². The second kappa shape index (κ2) is 5.89. The number of carbonyl (C=O) groups excluding carboxylic acids is 2. The maximum Gasteiger partial charge on any atom is 0.246 e. The van der Waals surface area contributed by atoms with Crippen LogP contribution in [-0.4, -0.2) is 30.0 Å². The zero-order chi connectivity index (χ0) is 12.8. The van der Waals surface area contributed by atoms with Crippen molar-refractivity contribution in [2.24, 2.45) is 0 Å². The molecular weight excluding hydrogens is 220 g/mol. The predicted octanol–water partition coefficient (Wildman–Crippen LogP) is 0.881. The summed E-state index contributed by atoms with van der Waals surface area (Å²) in [4.78, 5) is 24.0. The molecule has 0 saturated carbocycles. The number of phenolic OH excluding ortho intramolecular Hbond substituents is 1. The Balaban J connectivity index is 2.77. The van der Waals surface area contributed by atoms with Crippen LogP contribution in [0.5, 0.6) is 5.75 Å². The molecule has 0 saturated heterocycles. The monoisotopic (exact) mass is 236 g/mol. The molecule has 0 aliphatic rings. The average Bonchev–Trinajstić information content (AvgIpc) is 2.27. The number of nitrogens with one attached hydrogen (secondary N) is 1. The molecule has 92 valence electrons. The van der Waals surface area contributed by atoms with E-state index in [2.05, 4.69) is 5.32 Å². The maximum atomic E-state index is 11.8. The summed E-state index contributed by atoms with van der Waals surface area (Å²) in [7, 11) is 0. The molecule has 5 heteroatoms. The largest absolute Gasteiger partial charge is 0.508 e. The zero-order valence-corrected chi connectivity index (χ0v) is 9.93. The molecule has 0 aliphatic heterocycles. The summed E-state index contributed by atoms with van der Waals surface area (Å²) in [6, 6.07) is 6.44. The van der Waals surface area contributed by atoms with E-state index in [-0.39, 0.29) is 24.1 Å². The fourth-order valence-electron chi connectivity index (χ4n) is 1.46. The van der Waals surface area contributed by atoms with Crippen LogP contribution in [0, 0.1) is 0 Å². The summed E-state index contributed by atoms with van der Waals surface area (Å²) in [6.45, 7) is 3.62. The van der Waals surface area contributed by atoms with Crippen LogP contribution in [0.25, 0.3) is 0 Å². The second-order valence-corrected chi connectivity index (χ2v) is 3.57. The van der Waals surface area contributed by atoms with Gasteiger partial charge in [-0.05, 0) is 19.1 Å². The van der Waals surface area contributed by atoms with Gasteiger partial charge in [0, 0.05) is 25.2 Å². The third-order valence-corrected chi connectivity index (χ3v) is 2.25. The average molecular weight is 236 g/mol. The molecule has 0 unspecified atom stereocenters. The van der Waals surface area contributed by atoms with Crippen LogP contribution in [0.1, 0.15) is 13.8 Å². The molecule has 2 amide bonds. The number of amides is 2. The van der Waals surface area contributed by atoms with E-state index in [9.17, 15) is 14.7 Å². The van der Waals surface area contributed by atoms with E-state index in [1.165, 1.54) is 24.0 Å². The predicted molar refractivity (Wildman–Crippen MR) is 64.8 cm³/mol.